The number of allylic oxidation sites excluding steroid dienone is 1. The monoisotopic (exact) mass is 403 g/mol. The zero-order chi connectivity index (χ0) is 21.6. The summed E-state index contributed by atoms with van der Waals surface area (Å²) in [6.45, 7) is 13.4. The number of amidine groups is 1. The first-order chi connectivity index (χ1) is 14.3. The Bertz CT molecular complexity index is 1270. The molecule has 3 aromatic heterocycles. The minimum Gasteiger partial charge on any atom is -0.439 e. The number of aliphatic imine (C=N–C) groups is 1. The molecule has 0 atom stereocenters. The SMILES string of the molecule is C=C(C)/N=C(/C)N(N)c1c(C)nn2c(-c3ccc(-n4cccn4)cc3C)c(C)oc12. The molecule has 0 aliphatic carbocycles. The molecule has 30 heavy (non-hydrogen) atoms. The lowest BCUT2D eigenvalue weighted by atomic mass is 10.0. The molecule has 2 N–H and O–H groups in total. The van der Waals surface area contributed by atoms with Crippen LogP contribution >= 0.6 is 0 Å². The first-order valence-corrected chi connectivity index (χ1v) is 9.63. The van der Waals surface area contributed by atoms with Crippen molar-refractivity contribution >= 4 is 17.2 Å². The van der Waals surface area contributed by atoms with Gasteiger partial charge in [0.15, 0.2) is 0 Å². The molecular formula is C22H25N7O. The Kier molecular flexibility index (Phi) is 4.79. The number of fused-ring (bicyclic) bond motifs is 1. The van der Waals surface area contributed by atoms with Crippen molar-refractivity contribution in [2.75, 3.05) is 5.01 Å². The highest BCUT2D eigenvalue weighted by Gasteiger charge is 2.24. The third kappa shape index (κ3) is 3.21. The van der Waals surface area contributed by atoms with Crippen LogP contribution in [-0.4, -0.2) is 25.2 Å². The van der Waals surface area contributed by atoms with Crippen molar-refractivity contribution in [2.24, 2.45) is 10.8 Å². The van der Waals surface area contributed by atoms with E-state index >= 15 is 0 Å². The van der Waals surface area contributed by atoms with Gasteiger partial charge in [-0.25, -0.2) is 15.5 Å². The number of aromatic nitrogens is 4. The maximum atomic E-state index is 6.34. The molecule has 0 radical (unpaired) electrons. The molecule has 154 valence electrons. The number of anilines is 1. The van der Waals surface area contributed by atoms with Crippen molar-refractivity contribution in [3.05, 3.63) is 66.0 Å². The number of rotatable bonds is 4. The smallest absolute Gasteiger partial charge is 0.248 e. The largest absolute Gasteiger partial charge is 0.439 e. The van der Waals surface area contributed by atoms with E-state index in [1.54, 1.807) is 6.20 Å². The van der Waals surface area contributed by atoms with Crippen LogP contribution < -0.4 is 10.9 Å². The summed E-state index contributed by atoms with van der Waals surface area (Å²) in [5, 5.41) is 10.5. The van der Waals surface area contributed by atoms with Gasteiger partial charge in [-0.1, -0.05) is 12.6 Å². The molecule has 0 unspecified atom stereocenters. The summed E-state index contributed by atoms with van der Waals surface area (Å²) >= 11 is 0. The van der Waals surface area contributed by atoms with Crippen molar-refractivity contribution in [1.29, 1.82) is 0 Å². The van der Waals surface area contributed by atoms with Gasteiger partial charge in [-0.2, -0.15) is 14.7 Å². The van der Waals surface area contributed by atoms with Crippen molar-refractivity contribution in [3.8, 4) is 16.9 Å². The van der Waals surface area contributed by atoms with E-state index in [2.05, 4.69) is 35.7 Å². The highest BCUT2D eigenvalue weighted by atomic mass is 16.4. The number of hydrogen-bond donors (Lipinski definition) is 1. The van der Waals surface area contributed by atoms with Crippen LogP contribution in [-0.2, 0) is 0 Å². The number of benzene rings is 1. The first kappa shape index (κ1) is 19.7. The molecule has 4 aromatic rings. The predicted molar refractivity (Wildman–Crippen MR) is 119 cm³/mol. The van der Waals surface area contributed by atoms with Gasteiger partial charge in [0.25, 0.3) is 0 Å². The van der Waals surface area contributed by atoms with E-state index in [4.69, 9.17) is 15.4 Å². The topological polar surface area (TPSA) is 89.9 Å². The highest BCUT2D eigenvalue weighted by molar-refractivity contribution is 5.99. The normalized spacial score (nSPS) is 12.0. The average Bonchev–Trinajstić information content (AvgIpc) is 3.37. The molecule has 0 spiro atoms. The molecule has 0 aliphatic rings. The summed E-state index contributed by atoms with van der Waals surface area (Å²) in [7, 11) is 0. The molecule has 0 saturated carbocycles. The quantitative estimate of drug-likeness (QED) is 0.237. The Hall–Kier alpha value is -3.65. The van der Waals surface area contributed by atoms with E-state index in [-0.39, 0.29) is 0 Å². The Morgan fingerprint density at radius 3 is 2.63 bits per heavy atom. The molecule has 0 saturated heterocycles. The zero-order valence-electron chi connectivity index (χ0n) is 17.8. The number of aryl methyl sites for hydroxylation is 3. The minimum atomic E-state index is 0.578. The van der Waals surface area contributed by atoms with Gasteiger partial charge < -0.3 is 4.42 Å². The van der Waals surface area contributed by atoms with Crippen LogP contribution in [0.25, 0.3) is 22.7 Å². The Balaban J connectivity index is 1.84. The molecule has 8 heteroatoms. The fourth-order valence-corrected chi connectivity index (χ4v) is 3.63. The first-order valence-electron chi connectivity index (χ1n) is 9.63. The van der Waals surface area contributed by atoms with Crippen LogP contribution in [0, 0.1) is 20.8 Å². The molecule has 4 rings (SSSR count). The molecule has 8 nitrogen and oxygen atoms in total. The Morgan fingerprint density at radius 2 is 2.00 bits per heavy atom. The van der Waals surface area contributed by atoms with Gasteiger partial charge >= 0.3 is 0 Å². The summed E-state index contributed by atoms with van der Waals surface area (Å²) in [5.41, 5.74) is 6.70. The van der Waals surface area contributed by atoms with Gasteiger partial charge in [0, 0.05) is 23.7 Å². The highest BCUT2D eigenvalue weighted by Crippen LogP contribution is 2.35. The fourth-order valence-electron chi connectivity index (χ4n) is 3.63. The maximum Gasteiger partial charge on any atom is 0.248 e. The van der Waals surface area contributed by atoms with E-state index in [0.29, 0.717) is 22.9 Å². The summed E-state index contributed by atoms with van der Waals surface area (Å²) in [4.78, 5) is 4.35. The van der Waals surface area contributed by atoms with E-state index in [0.717, 1.165) is 34.0 Å². The lowest BCUT2D eigenvalue weighted by molar-refractivity contribution is 0.573. The lowest BCUT2D eigenvalue weighted by Gasteiger charge is -2.16. The predicted octanol–water partition coefficient (Wildman–Crippen LogP) is 4.34. The van der Waals surface area contributed by atoms with Crippen LogP contribution in [0.2, 0.25) is 0 Å². The summed E-state index contributed by atoms with van der Waals surface area (Å²) in [6, 6.07) is 8.09. The third-order valence-electron chi connectivity index (χ3n) is 4.96. The average molecular weight is 403 g/mol. The van der Waals surface area contributed by atoms with Crippen LogP contribution in [0.15, 0.2) is 58.3 Å². The van der Waals surface area contributed by atoms with Gasteiger partial charge in [0.2, 0.25) is 5.71 Å². The third-order valence-corrected chi connectivity index (χ3v) is 4.96. The number of nitrogens with zero attached hydrogens (tertiary/aromatic N) is 6. The van der Waals surface area contributed by atoms with Crippen LogP contribution in [0.3, 0.4) is 0 Å². The summed E-state index contributed by atoms with van der Waals surface area (Å²) in [6.07, 6.45) is 3.68. The zero-order valence-corrected chi connectivity index (χ0v) is 17.8. The lowest BCUT2D eigenvalue weighted by Crippen LogP contribution is -2.36. The van der Waals surface area contributed by atoms with Gasteiger partial charge in [0.05, 0.1) is 11.4 Å². The second kappa shape index (κ2) is 7.31. The van der Waals surface area contributed by atoms with Gasteiger partial charge in [-0.15, -0.1) is 0 Å². The second-order valence-corrected chi connectivity index (χ2v) is 7.37. The van der Waals surface area contributed by atoms with E-state index < -0.39 is 0 Å². The molecule has 0 fully saturated rings. The number of nitrogens with two attached hydrogens (primary N) is 1. The van der Waals surface area contributed by atoms with E-state index in [1.807, 2.05) is 55.2 Å². The minimum absolute atomic E-state index is 0.578. The molecule has 0 bridgehead atoms. The van der Waals surface area contributed by atoms with Crippen LogP contribution in [0.5, 0.6) is 0 Å². The van der Waals surface area contributed by atoms with Crippen LogP contribution in [0.4, 0.5) is 5.69 Å². The van der Waals surface area contributed by atoms with Gasteiger partial charge in [0.1, 0.15) is 23.0 Å². The molecule has 0 aliphatic heterocycles. The fraction of sp³-hybridized carbons (Fsp3) is 0.227. The number of oxazole rings is 1. The van der Waals surface area contributed by atoms with Gasteiger partial charge in [-0.05, 0) is 58.4 Å². The molecule has 3 heterocycles. The van der Waals surface area contributed by atoms with Crippen molar-refractivity contribution in [3.63, 3.8) is 0 Å². The summed E-state index contributed by atoms with van der Waals surface area (Å²) in [5.74, 6) is 7.71. The van der Waals surface area contributed by atoms with Crippen molar-refractivity contribution in [2.45, 2.75) is 34.6 Å². The standard InChI is InChI=1S/C22H25N7O/c1-13(2)25-17(6)28(23)20-15(4)26-29-21(16(5)30-22(20)29)19-9-8-18(12-14(19)3)27-11-7-10-24-27/h7-12H,1,23H2,2-6H3/b25-17-. The molecule has 1 aromatic carbocycles. The molecular weight excluding hydrogens is 378 g/mol. The van der Waals surface area contributed by atoms with Crippen LogP contribution in [0.1, 0.15) is 30.9 Å². The van der Waals surface area contributed by atoms with E-state index in [9.17, 15) is 0 Å². The second-order valence-electron chi connectivity index (χ2n) is 7.37. The maximum absolute atomic E-state index is 6.34. The Morgan fingerprint density at radius 1 is 1.23 bits per heavy atom. The number of hydrogen-bond acceptors (Lipinski definition) is 5. The van der Waals surface area contributed by atoms with Crippen molar-refractivity contribution < 1.29 is 4.42 Å². The summed E-state index contributed by atoms with van der Waals surface area (Å²) < 4.78 is 9.77. The molecule has 0 amide bonds. The van der Waals surface area contributed by atoms with E-state index in [1.165, 1.54) is 5.01 Å². The van der Waals surface area contributed by atoms with Gasteiger partial charge in [-0.3, -0.25) is 5.01 Å². The Labute approximate surface area is 174 Å². The number of hydrazine groups is 1. The van der Waals surface area contributed by atoms with Crippen molar-refractivity contribution in [1.82, 2.24) is 19.4 Å².